The van der Waals surface area contributed by atoms with Gasteiger partial charge in [0.25, 0.3) is 0 Å². The highest BCUT2D eigenvalue weighted by Crippen LogP contribution is 2.22. The van der Waals surface area contributed by atoms with Gasteiger partial charge in [-0.15, -0.1) is 0 Å². The molecule has 0 amide bonds. The highest BCUT2D eigenvalue weighted by Gasteiger charge is 2.37. The largest absolute Gasteiger partial charge is 0.382 e. The topological polar surface area (TPSA) is 47.7 Å². The molecular weight excluding hydrogens is 204 g/mol. The molecule has 16 heavy (non-hydrogen) atoms. The van der Waals surface area contributed by atoms with Gasteiger partial charge in [-0.25, -0.2) is 0 Å². The molecule has 1 aliphatic rings. The Morgan fingerprint density at radius 3 is 2.62 bits per heavy atom. The van der Waals surface area contributed by atoms with Crippen LogP contribution in [-0.2, 0) is 9.47 Å². The third kappa shape index (κ3) is 4.78. The Labute approximate surface area is 99.1 Å². The number of nitrogens with two attached hydrogens (primary N) is 1. The predicted octanol–water partition coefficient (Wildman–Crippen LogP) is 0.853. The zero-order valence-electron chi connectivity index (χ0n) is 10.7. The molecule has 0 radical (unpaired) electrons. The van der Waals surface area contributed by atoms with Gasteiger partial charge in [-0.1, -0.05) is 13.3 Å². The van der Waals surface area contributed by atoms with Crippen LogP contribution in [0.25, 0.3) is 0 Å². The van der Waals surface area contributed by atoms with Gasteiger partial charge in [0, 0.05) is 38.9 Å². The smallest absolute Gasteiger partial charge is 0.0700 e. The number of hydrogen-bond acceptors (Lipinski definition) is 4. The van der Waals surface area contributed by atoms with E-state index in [4.69, 9.17) is 15.2 Å². The molecule has 2 N–H and O–H groups in total. The molecule has 0 spiro atoms. The molecule has 1 rings (SSSR count). The Bertz CT molecular complexity index is 182. The summed E-state index contributed by atoms with van der Waals surface area (Å²) in [5.74, 6) is 0. The van der Waals surface area contributed by atoms with Gasteiger partial charge in [-0.3, -0.25) is 4.90 Å². The average molecular weight is 230 g/mol. The Hall–Kier alpha value is -0.160. The van der Waals surface area contributed by atoms with Crippen LogP contribution in [0.4, 0.5) is 0 Å². The van der Waals surface area contributed by atoms with E-state index in [0.717, 1.165) is 39.1 Å². The summed E-state index contributed by atoms with van der Waals surface area (Å²) in [5, 5.41) is 0. The molecule has 0 aromatic carbocycles. The van der Waals surface area contributed by atoms with Crippen molar-refractivity contribution in [2.45, 2.75) is 31.7 Å². The first-order valence-corrected chi connectivity index (χ1v) is 6.28. The molecule has 1 fully saturated rings. The van der Waals surface area contributed by atoms with E-state index < -0.39 is 0 Å². The van der Waals surface area contributed by atoms with Crippen LogP contribution in [0.1, 0.15) is 26.2 Å². The number of nitrogens with zero attached hydrogens (tertiary/aromatic N) is 1. The molecule has 0 aromatic heterocycles. The van der Waals surface area contributed by atoms with Crippen molar-refractivity contribution in [1.29, 1.82) is 0 Å². The lowest BCUT2D eigenvalue weighted by molar-refractivity contribution is 0.0382. The molecule has 1 aliphatic heterocycles. The van der Waals surface area contributed by atoms with E-state index in [-0.39, 0.29) is 5.54 Å². The summed E-state index contributed by atoms with van der Waals surface area (Å²) < 4.78 is 10.3. The van der Waals surface area contributed by atoms with Gasteiger partial charge < -0.3 is 15.2 Å². The van der Waals surface area contributed by atoms with Crippen molar-refractivity contribution >= 4 is 0 Å². The molecular formula is C12H26N2O2. The third-order valence-corrected chi connectivity index (χ3v) is 3.02. The van der Waals surface area contributed by atoms with Crippen molar-refractivity contribution in [1.82, 2.24) is 4.90 Å². The van der Waals surface area contributed by atoms with Crippen molar-refractivity contribution in [3.05, 3.63) is 0 Å². The molecule has 1 saturated heterocycles. The first-order chi connectivity index (χ1) is 7.70. The van der Waals surface area contributed by atoms with Gasteiger partial charge >= 0.3 is 0 Å². The molecule has 0 atom stereocenters. The second-order valence-electron chi connectivity index (χ2n) is 4.78. The van der Waals surface area contributed by atoms with Gasteiger partial charge in [0.1, 0.15) is 0 Å². The second kappa shape index (κ2) is 7.22. The first-order valence-electron chi connectivity index (χ1n) is 6.28. The lowest BCUT2D eigenvalue weighted by Crippen LogP contribution is -2.67. The minimum atomic E-state index is 0.103. The van der Waals surface area contributed by atoms with E-state index in [0.29, 0.717) is 13.2 Å². The van der Waals surface area contributed by atoms with Gasteiger partial charge in [0.2, 0.25) is 0 Å². The number of ether oxygens (including phenoxy) is 2. The molecule has 0 saturated carbocycles. The van der Waals surface area contributed by atoms with E-state index in [1.807, 2.05) is 0 Å². The molecule has 0 aliphatic carbocycles. The van der Waals surface area contributed by atoms with Crippen molar-refractivity contribution in [3.63, 3.8) is 0 Å². The number of likely N-dealkylation sites (tertiary alicyclic amines) is 1. The minimum Gasteiger partial charge on any atom is -0.382 e. The molecule has 96 valence electrons. The maximum Gasteiger partial charge on any atom is 0.0700 e. The number of hydrogen-bond donors (Lipinski definition) is 1. The lowest BCUT2D eigenvalue weighted by atomic mass is 9.86. The van der Waals surface area contributed by atoms with Crippen LogP contribution in [-0.4, -0.2) is 57.0 Å². The van der Waals surface area contributed by atoms with Crippen molar-refractivity contribution in [2.24, 2.45) is 5.73 Å². The average Bonchev–Trinajstić information content (AvgIpc) is 2.21. The molecule has 4 nitrogen and oxygen atoms in total. The van der Waals surface area contributed by atoms with Crippen molar-refractivity contribution in [3.8, 4) is 0 Å². The van der Waals surface area contributed by atoms with Crippen LogP contribution in [0, 0.1) is 0 Å². The number of methoxy groups -OCH3 is 1. The summed E-state index contributed by atoms with van der Waals surface area (Å²) >= 11 is 0. The zero-order chi connectivity index (χ0) is 11.9. The van der Waals surface area contributed by atoms with Crippen LogP contribution < -0.4 is 5.73 Å². The molecule has 4 heteroatoms. The molecule has 0 bridgehead atoms. The van der Waals surface area contributed by atoms with Crippen molar-refractivity contribution < 1.29 is 9.47 Å². The fraction of sp³-hybridized carbons (Fsp3) is 1.00. The van der Waals surface area contributed by atoms with Crippen LogP contribution in [0.15, 0.2) is 0 Å². The van der Waals surface area contributed by atoms with E-state index in [1.165, 1.54) is 6.42 Å². The van der Waals surface area contributed by atoms with E-state index >= 15 is 0 Å². The van der Waals surface area contributed by atoms with Gasteiger partial charge in [0.15, 0.2) is 0 Å². The maximum absolute atomic E-state index is 6.18. The maximum atomic E-state index is 6.18. The van der Waals surface area contributed by atoms with E-state index in [9.17, 15) is 0 Å². The Morgan fingerprint density at radius 1 is 1.25 bits per heavy atom. The van der Waals surface area contributed by atoms with Crippen molar-refractivity contribution in [2.75, 3.05) is 46.6 Å². The summed E-state index contributed by atoms with van der Waals surface area (Å²) in [7, 11) is 1.69. The van der Waals surface area contributed by atoms with Crippen LogP contribution in [0.2, 0.25) is 0 Å². The van der Waals surface area contributed by atoms with Gasteiger partial charge in [-0.2, -0.15) is 0 Å². The normalized spacial score (nSPS) is 19.7. The third-order valence-electron chi connectivity index (χ3n) is 3.02. The van der Waals surface area contributed by atoms with E-state index in [1.54, 1.807) is 7.11 Å². The summed E-state index contributed by atoms with van der Waals surface area (Å²) in [6.07, 6.45) is 3.42. The fourth-order valence-electron chi connectivity index (χ4n) is 2.29. The standard InChI is InChI=1S/C12H26N2O2/c1-3-5-12(13)10-14(11-12)6-4-7-16-9-8-15-2/h3-11,13H2,1-2H3. The minimum absolute atomic E-state index is 0.103. The van der Waals surface area contributed by atoms with Crippen LogP contribution in [0.5, 0.6) is 0 Å². The fourth-order valence-corrected chi connectivity index (χ4v) is 2.29. The first kappa shape index (κ1) is 13.9. The van der Waals surface area contributed by atoms with E-state index in [2.05, 4.69) is 11.8 Å². The predicted molar refractivity (Wildman–Crippen MR) is 65.6 cm³/mol. The summed E-state index contributed by atoms with van der Waals surface area (Å²) in [6, 6.07) is 0. The molecule has 0 unspecified atom stereocenters. The second-order valence-corrected chi connectivity index (χ2v) is 4.78. The Morgan fingerprint density at radius 2 is 2.00 bits per heavy atom. The Kier molecular flexibility index (Phi) is 6.28. The van der Waals surface area contributed by atoms with Crippen LogP contribution >= 0.6 is 0 Å². The number of rotatable bonds is 9. The summed E-state index contributed by atoms with van der Waals surface area (Å²) in [4.78, 5) is 2.41. The Balaban J connectivity index is 1.89. The monoisotopic (exact) mass is 230 g/mol. The highest BCUT2D eigenvalue weighted by atomic mass is 16.5. The lowest BCUT2D eigenvalue weighted by Gasteiger charge is -2.48. The summed E-state index contributed by atoms with van der Waals surface area (Å²) in [5.41, 5.74) is 6.29. The van der Waals surface area contributed by atoms with Gasteiger partial charge in [0.05, 0.1) is 13.2 Å². The molecule has 1 heterocycles. The zero-order valence-corrected chi connectivity index (χ0v) is 10.7. The summed E-state index contributed by atoms with van der Waals surface area (Å²) in [6.45, 7) is 7.62. The van der Waals surface area contributed by atoms with Crippen LogP contribution in [0.3, 0.4) is 0 Å². The van der Waals surface area contributed by atoms with Gasteiger partial charge in [-0.05, 0) is 12.8 Å². The quantitative estimate of drug-likeness (QED) is 0.597. The molecule has 0 aromatic rings. The highest BCUT2D eigenvalue weighted by molar-refractivity contribution is 4.99. The SMILES string of the molecule is CCCC1(N)CN(CCCOCCOC)C1.